The molecular weight excluding hydrogens is 310 g/mol. The van der Waals surface area contributed by atoms with Gasteiger partial charge in [-0.3, -0.25) is 4.79 Å². The monoisotopic (exact) mass is 323 g/mol. The first-order valence-electron chi connectivity index (χ1n) is 7.12. The predicted octanol–water partition coefficient (Wildman–Crippen LogP) is 5.38. The number of anilines is 1. The van der Waals surface area contributed by atoms with Crippen LogP contribution >= 0.6 is 11.6 Å². The van der Waals surface area contributed by atoms with Crippen molar-refractivity contribution in [1.82, 2.24) is 0 Å². The Kier molecular flexibility index (Phi) is 4.60. The Balaban J connectivity index is 1.85. The molecule has 4 heteroatoms. The molecule has 0 radical (unpaired) electrons. The zero-order valence-electron chi connectivity index (χ0n) is 12.2. The van der Waals surface area contributed by atoms with Crippen molar-refractivity contribution in [3.8, 4) is 11.5 Å². The summed E-state index contributed by atoms with van der Waals surface area (Å²) >= 11 is 6.08. The minimum atomic E-state index is -0.273. The van der Waals surface area contributed by atoms with Gasteiger partial charge in [0.1, 0.15) is 11.5 Å². The highest BCUT2D eigenvalue weighted by atomic mass is 35.5. The van der Waals surface area contributed by atoms with Crippen molar-refractivity contribution in [3.05, 3.63) is 89.4 Å². The molecule has 0 saturated heterocycles. The molecule has 3 aromatic carbocycles. The van der Waals surface area contributed by atoms with Crippen molar-refractivity contribution < 1.29 is 9.53 Å². The van der Waals surface area contributed by atoms with Crippen molar-refractivity contribution in [1.29, 1.82) is 0 Å². The Morgan fingerprint density at radius 3 is 2.26 bits per heavy atom. The molecule has 0 atom stereocenters. The van der Waals surface area contributed by atoms with E-state index in [4.69, 9.17) is 16.3 Å². The maximum absolute atomic E-state index is 12.5. The molecule has 23 heavy (non-hydrogen) atoms. The van der Waals surface area contributed by atoms with Gasteiger partial charge >= 0.3 is 0 Å². The summed E-state index contributed by atoms with van der Waals surface area (Å²) in [6, 6.07) is 23.5. The fourth-order valence-electron chi connectivity index (χ4n) is 2.11. The number of hydrogen-bond acceptors (Lipinski definition) is 2. The summed E-state index contributed by atoms with van der Waals surface area (Å²) in [6.07, 6.45) is 0. The van der Waals surface area contributed by atoms with Gasteiger partial charge in [-0.1, -0.05) is 54.1 Å². The highest BCUT2D eigenvalue weighted by molar-refractivity contribution is 6.33. The number of hydrogen-bond donors (Lipinski definition) is 1. The third-order valence-corrected chi connectivity index (χ3v) is 3.55. The van der Waals surface area contributed by atoms with E-state index in [2.05, 4.69) is 5.32 Å². The summed E-state index contributed by atoms with van der Waals surface area (Å²) in [4.78, 5) is 12.5. The molecule has 0 bridgehead atoms. The molecule has 0 saturated carbocycles. The fraction of sp³-hybridized carbons (Fsp3) is 0. The number of benzene rings is 3. The molecule has 0 aliphatic rings. The van der Waals surface area contributed by atoms with Gasteiger partial charge in [-0.05, 0) is 36.4 Å². The minimum Gasteiger partial charge on any atom is -0.457 e. The topological polar surface area (TPSA) is 38.3 Å². The summed E-state index contributed by atoms with van der Waals surface area (Å²) < 4.78 is 5.80. The van der Waals surface area contributed by atoms with Crippen LogP contribution < -0.4 is 10.1 Å². The second-order valence-electron chi connectivity index (χ2n) is 4.85. The van der Waals surface area contributed by atoms with E-state index < -0.39 is 0 Å². The number of halogens is 1. The van der Waals surface area contributed by atoms with Gasteiger partial charge in [-0.2, -0.15) is 0 Å². The van der Waals surface area contributed by atoms with Crippen LogP contribution in [0.3, 0.4) is 0 Å². The number of nitrogens with one attached hydrogen (secondary N) is 1. The van der Waals surface area contributed by atoms with Gasteiger partial charge in [0.25, 0.3) is 5.91 Å². The molecule has 0 aliphatic heterocycles. The smallest absolute Gasteiger partial charge is 0.259 e. The van der Waals surface area contributed by atoms with Crippen LogP contribution in [0.15, 0.2) is 78.9 Å². The molecule has 3 nitrogen and oxygen atoms in total. The molecular formula is C19H14ClNO2. The maximum Gasteiger partial charge on any atom is 0.259 e. The first-order valence-corrected chi connectivity index (χ1v) is 7.49. The summed E-state index contributed by atoms with van der Waals surface area (Å²) in [5.41, 5.74) is 1.00. The molecule has 0 unspecified atom stereocenters. The van der Waals surface area contributed by atoms with Crippen LogP contribution in [0.5, 0.6) is 11.5 Å². The molecule has 0 heterocycles. The average Bonchev–Trinajstić information content (AvgIpc) is 2.58. The SMILES string of the molecule is O=C(Nc1ccccc1Cl)c1ccccc1Oc1ccccc1. The van der Waals surface area contributed by atoms with Crippen molar-refractivity contribution in [2.75, 3.05) is 5.32 Å². The van der Waals surface area contributed by atoms with Gasteiger partial charge in [-0.25, -0.2) is 0 Å². The number of carbonyl (C=O) groups excluding carboxylic acids is 1. The van der Waals surface area contributed by atoms with Crippen LogP contribution in [0.4, 0.5) is 5.69 Å². The van der Waals surface area contributed by atoms with Gasteiger partial charge in [0, 0.05) is 0 Å². The van der Waals surface area contributed by atoms with E-state index in [0.29, 0.717) is 27.8 Å². The van der Waals surface area contributed by atoms with Crippen LogP contribution in [0.25, 0.3) is 0 Å². The average molecular weight is 324 g/mol. The van der Waals surface area contributed by atoms with E-state index in [1.165, 1.54) is 0 Å². The van der Waals surface area contributed by atoms with E-state index in [9.17, 15) is 4.79 Å². The van der Waals surface area contributed by atoms with Crippen molar-refractivity contribution in [2.45, 2.75) is 0 Å². The second kappa shape index (κ2) is 6.99. The zero-order chi connectivity index (χ0) is 16.1. The highest BCUT2D eigenvalue weighted by Crippen LogP contribution is 2.27. The lowest BCUT2D eigenvalue weighted by molar-refractivity contribution is 0.102. The van der Waals surface area contributed by atoms with E-state index in [1.54, 1.807) is 30.3 Å². The highest BCUT2D eigenvalue weighted by Gasteiger charge is 2.14. The molecule has 0 aromatic heterocycles. The number of rotatable bonds is 4. The predicted molar refractivity (Wildman–Crippen MR) is 92.4 cm³/mol. The quantitative estimate of drug-likeness (QED) is 0.699. The molecule has 1 amide bonds. The van der Waals surface area contributed by atoms with E-state index in [1.807, 2.05) is 48.5 Å². The van der Waals surface area contributed by atoms with Crippen LogP contribution in [-0.4, -0.2) is 5.91 Å². The molecule has 114 valence electrons. The summed E-state index contributed by atoms with van der Waals surface area (Å²) in [7, 11) is 0. The second-order valence-corrected chi connectivity index (χ2v) is 5.25. The van der Waals surface area contributed by atoms with Gasteiger partial charge in [0.05, 0.1) is 16.3 Å². The molecule has 0 aliphatic carbocycles. The van der Waals surface area contributed by atoms with E-state index in [-0.39, 0.29) is 5.91 Å². The lowest BCUT2D eigenvalue weighted by Gasteiger charge is -2.12. The zero-order valence-corrected chi connectivity index (χ0v) is 13.0. The molecule has 3 rings (SSSR count). The van der Waals surface area contributed by atoms with E-state index in [0.717, 1.165) is 0 Å². The van der Waals surface area contributed by atoms with Gasteiger partial charge in [0.2, 0.25) is 0 Å². The molecule has 3 aromatic rings. The largest absolute Gasteiger partial charge is 0.457 e. The Morgan fingerprint density at radius 1 is 0.826 bits per heavy atom. The molecule has 0 fully saturated rings. The summed E-state index contributed by atoms with van der Waals surface area (Å²) in [6.45, 7) is 0. The Morgan fingerprint density at radius 2 is 1.48 bits per heavy atom. The first kappa shape index (κ1) is 15.1. The third kappa shape index (κ3) is 3.71. The number of ether oxygens (including phenoxy) is 1. The number of carbonyl (C=O) groups is 1. The van der Waals surface area contributed by atoms with Crippen LogP contribution in [0.1, 0.15) is 10.4 Å². The Labute approximate surface area is 139 Å². The van der Waals surface area contributed by atoms with Crippen molar-refractivity contribution in [2.24, 2.45) is 0 Å². The summed E-state index contributed by atoms with van der Waals surface area (Å²) in [5, 5.41) is 3.29. The lowest BCUT2D eigenvalue weighted by atomic mass is 10.1. The van der Waals surface area contributed by atoms with Crippen LogP contribution in [0, 0.1) is 0 Å². The standard InChI is InChI=1S/C19H14ClNO2/c20-16-11-5-6-12-17(16)21-19(22)15-10-4-7-13-18(15)23-14-8-2-1-3-9-14/h1-13H,(H,21,22). The number of amides is 1. The van der Waals surface area contributed by atoms with Crippen molar-refractivity contribution in [3.63, 3.8) is 0 Å². The van der Waals surface area contributed by atoms with Crippen LogP contribution in [-0.2, 0) is 0 Å². The van der Waals surface area contributed by atoms with E-state index >= 15 is 0 Å². The third-order valence-electron chi connectivity index (χ3n) is 3.22. The summed E-state index contributed by atoms with van der Waals surface area (Å²) in [5.74, 6) is 0.887. The Bertz CT molecular complexity index is 818. The van der Waals surface area contributed by atoms with Gasteiger partial charge < -0.3 is 10.1 Å². The minimum absolute atomic E-state index is 0.273. The Hall–Kier alpha value is -2.78. The normalized spacial score (nSPS) is 10.1. The fourth-order valence-corrected chi connectivity index (χ4v) is 2.29. The first-order chi connectivity index (χ1) is 11.2. The van der Waals surface area contributed by atoms with Gasteiger partial charge in [-0.15, -0.1) is 0 Å². The van der Waals surface area contributed by atoms with Crippen molar-refractivity contribution >= 4 is 23.2 Å². The van der Waals surface area contributed by atoms with Crippen LogP contribution in [0.2, 0.25) is 5.02 Å². The number of para-hydroxylation sites is 3. The van der Waals surface area contributed by atoms with Gasteiger partial charge in [0.15, 0.2) is 0 Å². The lowest BCUT2D eigenvalue weighted by Crippen LogP contribution is -2.13. The molecule has 1 N–H and O–H groups in total. The molecule has 0 spiro atoms. The maximum atomic E-state index is 12.5.